The Morgan fingerprint density at radius 3 is 2.46 bits per heavy atom. The second-order valence-corrected chi connectivity index (χ2v) is 9.67. The van der Waals surface area contributed by atoms with E-state index in [-0.39, 0.29) is 24.4 Å². The van der Waals surface area contributed by atoms with E-state index in [9.17, 15) is 18.0 Å². The van der Waals surface area contributed by atoms with E-state index in [0.29, 0.717) is 25.2 Å². The molecule has 0 bridgehead atoms. The van der Waals surface area contributed by atoms with Crippen LogP contribution in [0.25, 0.3) is 0 Å². The van der Waals surface area contributed by atoms with Gasteiger partial charge in [-0.3, -0.25) is 4.79 Å². The molecule has 3 aromatic carbocycles. The zero-order valence-corrected chi connectivity index (χ0v) is 20.8. The summed E-state index contributed by atoms with van der Waals surface area (Å²) in [6, 6.07) is 20.9. The highest BCUT2D eigenvalue weighted by Gasteiger charge is 2.43. The van der Waals surface area contributed by atoms with Crippen molar-refractivity contribution in [3.05, 3.63) is 89.5 Å². The monoisotopic (exact) mass is 509 g/mol. The molecule has 0 radical (unpaired) electrons. The van der Waals surface area contributed by atoms with Gasteiger partial charge in [0.1, 0.15) is 5.75 Å². The van der Waals surface area contributed by atoms with Gasteiger partial charge in [0.2, 0.25) is 5.91 Å². The van der Waals surface area contributed by atoms with Crippen molar-refractivity contribution in [3.63, 3.8) is 0 Å². The highest BCUT2D eigenvalue weighted by molar-refractivity contribution is 5.83. The van der Waals surface area contributed by atoms with Crippen LogP contribution in [-0.2, 0) is 17.4 Å². The van der Waals surface area contributed by atoms with Gasteiger partial charge in [-0.1, -0.05) is 42.5 Å². The van der Waals surface area contributed by atoms with Gasteiger partial charge in [0.15, 0.2) is 0 Å². The number of fused-ring (bicyclic) bond motifs is 3. The number of hydrogen-bond acceptors (Lipinski definition) is 4. The highest BCUT2D eigenvalue weighted by Crippen LogP contribution is 2.41. The molecular formula is C29H30F3N3O2. The van der Waals surface area contributed by atoms with Crippen LogP contribution in [0.2, 0.25) is 0 Å². The Bertz CT molecular complexity index is 1260. The largest absolute Gasteiger partial charge is 0.495 e. The number of hydrogen-bond donors (Lipinski definition) is 1. The molecule has 2 aliphatic heterocycles. The predicted octanol–water partition coefficient (Wildman–Crippen LogP) is 5.46. The molecule has 0 aliphatic carbocycles. The summed E-state index contributed by atoms with van der Waals surface area (Å²) >= 11 is 0. The Morgan fingerprint density at radius 2 is 1.73 bits per heavy atom. The third kappa shape index (κ3) is 4.97. The number of benzene rings is 3. The van der Waals surface area contributed by atoms with Gasteiger partial charge in [0.25, 0.3) is 0 Å². The summed E-state index contributed by atoms with van der Waals surface area (Å²) in [7, 11) is 1.63. The zero-order valence-electron chi connectivity index (χ0n) is 20.8. The van der Waals surface area contributed by atoms with Crippen LogP contribution in [0.5, 0.6) is 5.75 Å². The number of anilines is 2. The summed E-state index contributed by atoms with van der Waals surface area (Å²) in [6.07, 6.45) is -4.19. The first-order valence-corrected chi connectivity index (χ1v) is 12.5. The fourth-order valence-electron chi connectivity index (χ4n) is 5.55. The van der Waals surface area contributed by atoms with Crippen LogP contribution in [0.15, 0.2) is 72.8 Å². The Hall–Kier alpha value is -3.68. The number of piperazine rings is 1. The van der Waals surface area contributed by atoms with Gasteiger partial charge in [-0.2, -0.15) is 13.2 Å². The van der Waals surface area contributed by atoms with Crippen molar-refractivity contribution in [1.29, 1.82) is 0 Å². The van der Waals surface area contributed by atoms with E-state index in [1.807, 2.05) is 61.5 Å². The van der Waals surface area contributed by atoms with Crippen molar-refractivity contribution < 1.29 is 22.7 Å². The number of carbonyl (C=O) groups excluding carboxylic acids is 1. The normalized spacial score (nSPS) is 20.0. The van der Waals surface area contributed by atoms with Crippen molar-refractivity contribution in [2.24, 2.45) is 5.92 Å². The summed E-state index contributed by atoms with van der Waals surface area (Å²) in [5, 5.41) is 3.12. The smallest absolute Gasteiger partial charge is 0.416 e. The minimum absolute atomic E-state index is 0.156. The standard InChI is InChI=1S/C29H30F3N3O2/c1-19(20-8-4-3-5-9-20)33-28(36)23-17-21-16-22(29(30,31)32)12-13-24(21)35-15-14-34(18-26(23)35)25-10-6-7-11-27(25)37-2/h3-13,16,19,23,26H,14-15,17-18H2,1-2H3,(H,33,36)/t19-,23-,26-/m0/s1. The molecule has 1 amide bonds. The van der Waals surface area contributed by atoms with Gasteiger partial charge in [0.05, 0.1) is 36.4 Å². The fourth-order valence-corrected chi connectivity index (χ4v) is 5.55. The molecule has 2 heterocycles. The van der Waals surface area contributed by atoms with E-state index in [2.05, 4.69) is 15.1 Å². The highest BCUT2D eigenvalue weighted by atomic mass is 19.4. The van der Waals surface area contributed by atoms with Gasteiger partial charge in [-0.15, -0.1) is 0 Å². The summed E-state index contributed by atoms with van der Waals surface area (Å²) in [5.41, 5.74) is 2.57. The summed E-state index contributed by atoms with van der Waals surface area (Å²) in [4.78, 5) is 18.0. The Morgan fingerprint density at radius 1 is 1.00 bits per heavy atom. The zero-order chi connectivity index (χ0) is 26.2. The third-order valence-electron chi connectivity index (χ3n) is 7.46. The first-order chi connectivity index (χ1) is 17.8. The molecule has 1 saturated heterocycles. The maximum Gasteiger partial charge on any atom is 0.416 e. The maximum absolute atomic E-state index is 13.7. The molecule has 3 aromatic rings. The van der Waals surface area contributed by atoms with E-state index in [1.165, 1.54) is 6.07 Å². The summed E-state index contributed by atoms with van der Waals surface area (Å²) in [5.74, 6) is 0.0802. The van der Waals surface area contributed by atoms with Crippen molar-refractivity contribution in [2.45, 2.75) is 31.6 Å². The average Bonchev–Trinajstić information content (AvgIpc) is 2.91. The van der Waals surface area contributed by atoms with Gasteiger partial charge < -0.3 is 19.9 Å². The molecule has 1 fully saturated rings. The van der Waals surface area contributed by atoms with E-state index in [1.54, 1.807) is 13.2 Å². The molecule has 2 aliphatic rings. The number of para-hydroxylation sites is 2. The SMILES string of the molecule is COc1ccccc1N1CCN2c3ccc(C(F)(F)F)cc3C[C@H](C(=O)N[C@@H](C)c3ccccc3)[C@@H]2C1. The number of ether oxygens (including phenoxy) is 1. The molecule has 5 nitrogen and oxygen atoms in total. The molecule has 0 saturated carbocycles. The lowest BCUT2D eigenvalue weighted by Crippen LogP contribution is -2.61. The van der Waals surface area contributed by atoms with Gasteiger partial charge in [-0.05, 0) is 54.8 Å². The number of rotatable bonds is 5. The van der Waals surface area contributed by atoms with Crippen LogP contribution >= 0.6 is 0 Å². The number of methoxy groups -OCH3 is 1. The fraction of sp³-hybridized carbons (Fsp3) is 0.345. The van der Waals surface area contributed by atoms with Gasteiger partial charge in [0, 0.05) is 25.3 Å². The van der Waals surface area contributed by atoms with Crippen molar-refractivity contribution in [2.75, 3.05) is 36.5 Å². The number of carbonyl (C=O) groups is 1. The minimum Gasteiger partial charge on any atom is -0.495 e. The molecular weight excluding hydrogens is 479 g/mol. The quantitative estimate of drug-likeness (QED) is 0.496. The van der Waals surface area contributed by atoms with Crippen LogP contribution in [-0.4, -0.2) is 38.7 Å². The molecule has 3 atom stereocenters. The first kappa shape index (κ1) is 25.0. The molecule has 5 rings (SSSR count). The van der Waals surface area contributed by atoms with Crippen LogP contribution in [0.4, 0.5) is 24.5 Å². The number of halogens is 3. The van der Waals surface area contributed by atoms with Crippen molar-refractivity contribution in [3.8, 4) is 5.75 Å². The average molecular weight is 510 g/mol. The predicted molar refractivity (Wildman–Crippen MR) is 138 cm³/mol. The van der Waals surface area contributed by atoms with E-state index < -0.39 is 17.7 Å². The molecule has 194 valence electrons. The molecule has 1 N–H and O–H groups in total. The molecule has 8 heteroatoms. The van der Waals surface area contributed by atoms with Crippen molar-refractivity contribution >= 4 is 17.3 Å². The summed E-state index contributed by atoms with van der Waals surface area (Å²) < 4.78 is 46.1. The number of amides is 1. The van der Waals surface area contributed by atoms with E-state index in [4.69, 9.17) is 4.74 Å². The maximum atomic E-state index is 13.7. The van der Waals surface area contributed by atoms with E-state index >= 15 is 0 Å². The third-order valence-corrected chi connectivity index (χ3v) is 7.46. The first-order valence-electron chi connectivity index (χ1n) is 12.5. The molecule has 0 unspecified atom stereocenters. The van der Waals surface area contributed by atoms with Gasteiger partial charge >= 0.3 is 6.18 Å². The lowest BCUT2D eigenvalue weighted by Gasteiger charge is -2.50. The van der Waals surface area contributed by atoms with Crippen molar-refractivity contribution in [1.82, 2.24) is 5.32 Å². The van der Waals surface area contributed by atoms with Crippen LogP contribution in [0.3, 0.4) is 0 Å². The number of nitrogens with zero attached hydrogens (tertiary/aromatic N) is 2. The van der Waals surface area contributed by atoms with Crippen LogP contribution < -0.4 is 19.9 Å². The summed E-state index contributed by atoms with van der Waals surface area (Å²) in [6.45, 7) is 3.72. The molecule has 37 heavy (non-hydrogen) atoms. The second-order valence-electron chi connectivity index (χ2n) is 9.67. The Balaban J connectivity index is 1.48. The minimum atomic E-state index is -4.44. The lowest BCUT2D eigenvalue weighted by molar-refractivity contribution is -0.137. The Kier molecular flexibility index (Phi) is 6.75. The van der Waals surface area contributed by atoms with Gasteiger partial charge in [-0.25, -0.2) is 0 Å². The van der Waals surface area contributed by atoms with E-state index in [0.717, 1.165) is 28.8 Å². The second kappa shape index (κ2) is 10.00. The lowest BCUT2D eigenvalue weighted by atomic mass is 9.82. The number of alkyl halides is 3. The topological polar surface area (TPSA) is 44.8 Å². The molecule has 0 spiro atoms. The van der Waals surface area contributed by atoms with Crippen LogP contribution in [0.1, 0.15) is 29.7 Å². The Labute approximate surface area is 214 Å². The molecule has 0 aromatic heterocycles. The number of nitrogens with one attached hydrogen (secondary N) is 1. The van der Waals surface area contributed by atoms with Crippen LogP contribution in [0, 0.1) is 5.92 Å².